The Morgan fingerprint density at radius 3 is 2.64 bits per heavy atom. The van der Waals surface area contributed by atoms with Crippen LogP contribution in [0.2, 0.25) is 0 Å². The van der Waals surface area contributed by atoms with Crippen molar-refractivity contribution >= 4 is 39.4 Å². The lowest BCUT2D eigenvalue weighted by molar-refractivity contribution is -0.131. The third kappa shape index (κ3) is 3.60. The Balaban J connectivity index is 1.34. The van der Waals surface area contributed by atoms with Crippen molar-refractivity contribution in [1.29, 1.82) is 0 Å². The molecule has 2 aliphatic rings. The number of amides is 4. The van der Waals surface area contributed by atoms with Crippen molar-refractivity contribution in [3.8, 4) is 11.1 Å². The fraction of sp³-hybridized carbons (Fsp3) is 0.348. The fourth-order valence-corrected chi connectivity index (χ4v) is 5.74. The van der Waals surface area contributed by atoms with Crippen molar-refractivity contribution in [2.75, 3.05) is 12.0 Å². The van der Waals surface area contributed by atoms with E-state index in [1.807, 2.05) is 37.3 Å². The molecule has 1 aliphatic carbocycles. The molecule has 1 saturated heterocycles. The van der Waals surface area contributed by atoms with Crippen LogP contribution < -0.4 is 16.3 Å². The van der Waals surface area contributed by atoms with E-state index in [1.54, 1.807) is 0 Å². The van der Waals surface area contributed by atoms with Gasteiger partial charge in [0.1, 0.15) is 16.7 Å². The van der Waals surface area contributed by atoms with Crippen LogP contribution in [0.1, 0.15) is 37.0 Å². The maximum Gasteiger partial charge on any atom is 0.325 e. The molecule has 1 saturated carbocycles. The number of benzene rings is 1. The van der Waals surface area contributed by atoms with Crippen molar-refractivity contribution in [2.24, 2.45) is 0 Å². The van der Waals surface area contributed by atoms with E-state index in [1.165, 1.54) is 17.7 Å². The molecule has 9 nitrogen and oxygen atoms in total. The second-order valence-electron chi connectivity index (χ2n) is 8.46. The molecule has 2 aromatic heterocycles. The summed E-state index contributed by atoms with van der Waals surface area (Å²) < 4.78 is 1.06. The molecule has 0 unspecified atom stereocenters. The molecule has 0 atom stereocenters. The van der Waals surface area contributed by atoms with Gasteiger partial charge >= 0.3 is 6.03 Å². The van der Waals surface area contributed by atoms with E-state index in [9.17, 15) is 19.2 Å². The van der Waals surface area contributed by atoms with Gasteiger partial charge in [0, 0.05) is 23.4 Å². The summed E-state index contributed by atoms with van der Waals surface area (Å²) in [6.07, 6.45) is 4.22. The highest BCUT2D eigenvalue weighted by Gasteiger charge is 2.52. The highest BCUT2D eigenvalue weighted by atomic mass is 32.1. The lowest BCUT2D eigenvalue weighted by Gasteiger charge is -2.19. The Hall–Kier alpha value is -3.53. The van der Waals surface area contributed by atoms with Crippen LogP contribution in [0.15, 0.2) is 41.5 Å². The number of carbonyl (C=O) groups is 3. The van der Waals surface area contributed by atoms with E-state index < -0.39 is 17.5 Å². The molecule has 2 fully saturated rings. The zero-order valence-electron chi connectivity index (χ0n) is 18.1. The summed E-state index contributed by atoms with van der Waals surface area (Å²) in [6.45, 7) is 1.89. The predicted octanol–water partition coefficient (Wildman–Crippen LogP) is 2.76. The van der Waals surface area contributed by atoms with Gasteiger partial charge in [-0.1, -0.05) is 43.2 Å². The molecule has 1 spiro atoms. The zero-order chi connectivity index (χ0) is 23.2. The third-order valence-corrected chi connectivity index (χ3v) is 7.38. The molecule has 1 aliphatic heterocycles. The molecule has 170 valence electrons. The van der Waals surface area contributed by atoms with Gasteiger partial charge in [0.05, 0.1) is 5.39 Å². The van der Waals surface area contributed by atoms with Crippen LogP contribution >= 0.6 is 11.3 Å². The molecule has 2 N–H and O–H groups in total. The average molecular weight is 466 g/mol. The number of nitrogens with zero attached hydrogens (tertiary/aromatic N) is 3. The number of hydrogen-bond acceptors (Lipinski definition) is 6. The smallest absolute Gasteiger partial charge is 0.323 e. The van der Waals surface area contributed by atoms with Gasteiger partial charge in [0.25, 0.3) is 11.5 Å². The highest BCUT2D eigenvalue weighted by Crippen LogP contribution is 2.36. The minimum absolute atomic E-state index is 0.0461. The van der Waals surface area contributed by atoms with Crippen LogP contribution in [0, 0.1) is 6.92 Å². The largest absolute Gasteiger partial charge is 0.325 e. The van der Waals surface area contributed by atoms with Gasteiger partial charge in [-0.2, -0.15) is 0 Å². The monoisotopic (exact) mass is 465 g/mol. The van der Waals surface area contributed by atoms with Gasteiger partial charge in [0.2, 0.25) is 5.91 Å². The van der Waals surface area contributed by atoms with Crippen molar-refractivity contribution in [3.63, 3.8) is 0 Å². The number of carbonyl (C=O) groups excluding carboxylic acids is 3. The number of fused-ring (bicyclic) bond motifs is 1. The number of aryl methyl sites for hydroxylation is 1. The number of nitrogens with one attached hydrogen (secondary N) is 2. The number of thiophene rings is 1. The van der Waals surface area contributed by atoms with Crippen LogP contribution in [0.25, 0.3) is 21.3 Å². The number of urea groups is 1. The van der Waals surface area contributed by atoms with Gasteiger partial charge in [-0.3, -0.25) is 24.7 Å². The Labute approximate surface area is 193 Å². The minimum atomic E-state index is -0.801. The normalized spacial score (nSPS) is 17.2. The predicted molar refractivity (Wildman–Crippen MR) is 124 cm³/mol. The van der Waals surface area contributed by atoms with Gasteiger partial charge in [-0.25, -0.2) is 14.5 Å². The topological polar surface area (TPSA) is 113 Å². The molecule has 3 aromatic rings. The van der Waals surface area contributed by atoms with Gasteiger partial charge < -0.3 is 5.32 Å². The standard InChI is InChI=1S/C23H23N5O4S/c1-14-17(15-7-3-2-4-8-15)18-19(33-14)24-13-28(20(18)30)26-16(29)9-12-27-21(31)23(25-22(27)32)10-5-6-11-23/h2-4,7-8,13H,5-6,9-12H2,1H3,(H,25,32)(H,26,29). The third-order valence-electron chi connectivity index (χ3n) is 6.36. The van der Waals surface area contributed by atoms with Gasteiger partial charge in [-0.05, 0) is 25.3 Å². The van der Waals surface area contributed by atoms with E-state index in [0.29, 0.717) is 23.1 Å². The minimum Gasteiger partial charge on any atom is -0.323 e. The van der Waals surface area contributed by atoms with E-state index in [4.69, 9.17) is 0 Å². The van der Waals surface area contributed by atoms with Crippen molar-refractivity contribution in [3.05, 3.63) is 51.9 Å². The molecule has 1 aromatic carbocycles. The lowest BCUT2D eigenvalue weighted by Crippen LogP contribution is -2.44. The maximum absolute atomic E-state index is 13.2. The molecule has 0 radical (unpaired) electrons. The summed E-state index contributed by atoms with van der Waals surface area (Å²) in [5, 5.41) is 3.25. The molecule has 3 heterocycles. The van der Waals surface area contributed by atoms with Gasteiger partial charge in [-0.15, -0.1) is 11.3 Å². The van der Waals surface area contributed by atoms with E-state index in [0.717, 1.165) is 38.4 Å². The second-order valence-corrected chi connectivity index (χ2v) is 9.66. The van der Waals surface area contributed by atoms with Crippen LogP contribution in [-0.2, 0) is 9.59 Å². The molecule has 5 rings (SSSR count). The summed E-state index contributed by atoms with van der Waals surface area (Å²) in [6, 6.07) is 9.11. The number of rotatable bonds is 5. The van der Waals surface area contributed by atoms with Crippen LogP contribution in [0.3, 0.4) is 0 Å². The molecule has 0 bridgehead atoms. The molecular formula is C23H23N5O4S. The number of aromatic nitrogens is 2. The molecule has 4 amide bonds. The first kappa shape index (κ1) is 21.3. The Kier molecular flexibility index (Phi) is 5.24. The SMILES string of the molecule is Cc1sc2ncn(NC(=O)CCN3C(=O)NC4(CCCC4)C3=O)c(=O)c2c1-c1ccccc1. The van der Waals surface area contributed by atoms with Crippen molar-refractivity contribution in [1.82, 2.24) is 19.9 Å². The summed E-state index contributed by atoms with van der Waals surface area (Å²) in [5.74, 6) is -0.751. The lowest BCUT2D eigenvalue weighted by atomic mass is 9.98. The summed E-state index contributed by atoms with van der Waals surface area (Å²) in [7, 11) is 0. The quantitative estimate of drug-likeness (QED) is 0.563. The van der Waals surface area contributed by atoms with Crippen LogP contribution in [0.5, 0.6) is 0 Å². The molecule has 10 heteroatoms. The van der Waals surface area contributed by atoms with Gasteiger partial charge in [0.15, 0.2) is 0 Å². The average Bonchev–Trinajstić information content (AvgIpc) is 3.47. The highest BCUT2D eigenvalue weighted by molar-refractivity contribution is 7.19. The van der Waals surface area contributed by atoms with E-state index in [2.05, 4.69) is 15.7 Å². The van der Waals surface area contributed by atoms with E-state index >= 15 is 0 Å². The Morgan fingerprint density at radius 1 is 1.18 bits per heavy atom. The van der Waals surface area contributed by atoms with E-state index in [-0.39, 0.29) is 24.4 Å². The van der Waals surface area contributed by atoms with Crippen LogP contribution in [0.4, 0.5) is 4.79 Å². The first-order chi connectivity index (χ1) is 15.9. The number of hydrogen-bond donors (Lipinski definition) is 2. The molecular weight excluding hydrogens is 442 g/mol. The first-order valence-electron chi connectivity index (χ1n) is 10.9. The zero-order valence-corrected chi connectivity index (χ0v) is 18.9. The number of imide groups is 1. The Bertz CT molecular complexity index is 1320. The van der Waals surface area contributed by atoms with Crippen molar-refractivity contribution in [2.45, 2.75) is 44.6 Å². The summed E-state index contributed by atoms with van der Waals surface area (Å²) in [5.41, 5.74) is 3.07. The molecule has 33 heavy (non-hydrogen) atoms. The van der Waals surface area contributed by atoms with Crippen molar-refractivity contribution < 1.29 is 14.4 Å². The fourth-order valence-electron chi connectivity index (χ4n) is 4.73. The first-order valence-corrected chi connectivity index (χ1v) is 11.7. The Morgan fingerprint density at radius 2 is 1.91 bits per heavy atom. The second kappa shape index (κ2) is 8.11. The maximum atomic E-state index is 13.2. The van der Waals surface area contributed by atoms with Crippen LogP contribution in [-0.4, -0.2) is 44.5 Å². The summed E-state index contributed by atoms with van der Waals surface area (Å²) >= 11 is 1.43. The summed E-state index contributed by atoms with van der Waals surface area (Å²) in [4.78, 5) is 57.8.